The van der Waals surface area contributed by atoms with Crippen LogP contribution < -0.4 is 10.3 Å². The van der Waals surface area contributed by atoms with Crippen LogP contribution in [0.4, 0.5) is 0 Å². The number of para-hydroxylation sites is 1. The lowest BCUT2D eigenvalue weighted by atomic mass is 9.94. The van der Waals surface area contributed by atoms with Crippen LogP contribution in [0.2, 0.25) is 0 Å². The Morgan fingerprint density at radius 3 is 2.95 bits per heavy atom. The maximum atomic E-state index is 12.1. The zero-order valence-corrected chi connectivity index (χ0v) is 12.3. The smallest absolute Gasteiger partial charge is 0.343 e. The predicted octanol–water partition coefficient (Wildman–Crippen LogP) is 2.41. The minimum Gasteiger partial charge on any atom is -0.493 e. The van der Waals surface area contributed by atoms with E-state index in [0.717, 1.165) is 17.7 Å². The second kappa shape index (κ2) is 6.05. The predicted molar refractivity (Wildman–Crippen MR) is 81.4 cm³/mol. The van der Waals surface area contributed by atoms with Crippen LogP contribution >= 0.6 is 0 Å². The number of aromatic nitrogens is 1. The van der Waals surface area contributed by atoms with Gasteiger partial charge in [-0.05, 0) is 31.5 Å². The van der Waals surface area contributed by atoms with E-state index in [0.29, 0.717) is 12.3 Å². The Morgan fingerprint density at radius 1 is 1.32 bits per heavy atom. The molecule has 1 N–H and O–H groups in total. The first kappa shape index (κ1) is 14.4. The summed E-state index contributed by atoms with van der Waals surface area (Å²) in [6.07, 6.45) is 0.786. The van der Waals surface area contributed by atoms with E-state index in [1.807, 2.05) is 24.3 Å². The van der Waals surface area contributed by atoms with Crippen molar-refractivity contribution in [3.05, 3.63) is 63.6 Å². The molecular formula is C17H17NO4. The number of aryl methyl sites for hydroxylation is 1. The minimum atomic E-state index is -0.592. The molecule has 2 heterocycles. The molecule has 0 saturated carbocycles. The number of aromatic amines is 1. The lowest BCUT2D eigenvalue weighted by Crippen LogP contribution is -2.23. The number of esters is 1. The number of hydrogen-bond acceptors (Lipinski definition) is 4. The third kappa shape index (κ3) is 2.88. The zero-order chi connectivity index (χ0) is 15.5. The van der Waals surface area contributed by atoms with Gasteiger partial charge in [-0.1, -0.05) is 18.2 Å². The molecule has 2 aromatic rings. The number of rotatable bonds is 3. The molecule has 0 amide bonds. The summed E-state index contributed by atoms with van der Waals surface area (Å²) in [5.41, 5.74) is 1.36. The Morgan fingerprint density at radius 2 is 2.14 bits per heavy atom. The van der Waals surface area contributed by atoms with Gasteiger partial charge in [0.1, 0.15) is 11.3 Å². The molecular weight excluding hydrogens is 282 g/mol. The number of ether oxygens (including phenoxy) is 2. The van der Waals surface area contributed by atoms with E-state index in [-0.39, 0.29) is 18.1 Å². The van der Waals surface area contributed by atoms with E-state index < -0.39 is 11.5 Å². The molecule has 0 radical (unpaired) electrons. The molecule has 0 spiro atoms. The van der Waals surface area contributed by atoms with Crippen molar-refractivity contribution in [1.82, 2.24) is 4.98 Å². The van der Waals surface area contributed by atoms with Crippen molar-refractivity contribution in [2.45, 2.75) is 19.3 Å². The SMILES string of the molecule is Cc1ccc(C(=O)OCC2CCOc3ccccc32)c(=O)[nH]1. The maximum Gasteiger partial charge on any atom is 0.343 e. The monoisotopic (exact) mass is 299 g/mol. The van der Waals surface area contributed by atoms with E-state index in [1.165, 1.54) is 6.07 Å². The second-order valence-corrected chi connectivity index (χ2v) is 5.35. The highest BCUT2D eigenvalue weighted by atomic mass is 16.5. The van der Waals surface area contributed by atoms with Crippen LogP contribution in [0.5, 0.6) is 5.75 Å². The van der Waals surface area contributed by atoms with Gasteiger partial charge in [-0.2, -0.15) is 0 Å². The topological polar surface area (TPSA) is 68.4 Å². The van der Waals surface area contributed by atoms with Gasteiger partial charge in [-0.15, -0.1) is 0 Å². The number of hydrogen-bond donors (Lipinski definition) is 1. The van der Waals surface area contributed by atoms with Crippen molar-refractivity contribution >= 4 is 5.97 Å². The number of fused-ring (bicyclic) bond motifs is 1. The standard InChI is InChI=1S/C17H17NO4/c1-11-6-7-14(16(19)18-11)17(20)22-10-12-8-9-21-15-5-3-2-4-13(12)15/h2-7,12H,8-10H2,1H3,(H,18,19). The van der Waals surface area contributed by atoms with Crippen LogP contribution in [-0.4, -0.2) is 24.2 Å². The van der Waals surface area contributed by atoms with Gasteiger partial charge < -0.3 is 14.5 Å². The second-order valence-electron chi connectivity index (χ2n) is 5.35. The van der Waals surface area contributed by atoms with Crippen molar-refractivity contribution in [3.8, 4) is 5.75 Å². The highest BCUT2D eigenvalue weighted by molar-refractivity contribution is 5.88. The molecule has 5 nitrogen and oxygen atoms in total. The molecule has 0 saturated heterocycles. The number of pyridine rings is 1. The molecule has 5 heteroatoms. The fourth-order valence-corrected chi connectivity index (χ4v) is 2.58. The van der Waals surface area contributed by atoms with Crippen molar-refractivity contribution in [2.75, 3.05) is 13.2 Å². The first-order valence-electron chi connectivity index (χ1n) is 7.24. The summed E-state index contributed by atoms with van der Waals surface area (Å²) < 4.78 is 10.9. The number of carbonyl (C=O) groups is 1. The first-order valence-corrected chi connectivity index (χ1v) is 7.24. The average molecular weight is 299 g/mol. The minimum absolute atomic E-state index is 0.0333. The Hall–Kier alpha value is -2.56. The van der Waals surface area contributed by atoms with Crippen LogP contribution in [0.15, 0.2) is 41.2 Å². The van der Waals surface area contributed by atoms with Gasteiger partial charge >= 0.3 is 5.97 Å². The molecule has 1 aliphatic rings. The summed E-state index contributed by atoms with van der Waals surface area (Å²) in [7, 11) is 0. The molecule has 1 aromatic heterocycles. The molecule has 0 bridgehead atoms. The third-order valence-electron chi connectivity index (χ3n) is 3.77. The van der Waals surface area contributed by atoms with Crippen molar-refractivity contribution < 1.29 is 14.3 Å². The summed E-state index contributed by atoms with van der Waals surface area (Å²) in [5.74, 6) is 0.339. The quantitative estimate of drug-likeness (QED) is 0.884. The Kier molecular flexibility index (Phi) is 3.96. The van der Waals surface area contributed by atoms with Gasteiger partial charge in [0.25, 0.3) is 5.56 Å². The fraction of sp³-hybridized carbons (Fsp3) is 0.294. The summed E-state index contributed by atoms with van der Waals surface area (Å²) in [6, 6.07) is 10.9. The fourth-order valence-electron chi connectivity index (χ4n) is 2.58. The number of nitrogens with one attached hydrogen (secondary N) is 1. The van der Waals surface area contributed by atoms with E-state index in [9.17, 15) is 9.59 Å². The lowest BCUT2D eigenvalue weighted by molar-refractivity contribution is 0.0457. The van der Waals surface area contributed by atoms with E-state index in [1.54, 1.807) is 13.0 Å². The van der Waals surface area contributed by atoms with Crippen LogP contribution in [-0.2, 0) is 4.74 Å². The third-order valence-corrected chi connectivity index (χ3v) is 3.77. The molecule has 1 unspecified atom stereocenters. The molecule has 22 heavy (non-hydrogen) atoms. The average Bonchev–Trinajstić information content (AvgIpc) is 2.52. The van der Waals surface area contributed by atoms with Gasteiger partial charge in [0.2, 0.25) is 0 Å². The summed E-state index contributed by atoms with van der Waals surface area (Å²) in [5, 5.41) is 0. The molecule has 114 valence electrons. The summed E-state index contributed by atoms with van der Waals surface area (Å²) in [6.45, 7) is 2.60. The summed E-state index contributed by atoms with van der Waals surface area (Å²) >= 11 is 0. The van der Waals surface area contributed by atoms with Crippen LogP contribution in [0.1, 0.15) is 34.0 Å². The van der Waals surface area contributed by atoms with Gasteiger partial charge in [-0.3, -0.25) is 4.79 Å². The number of H-pyrrole nitrogens is 1. The largest absolute Gasteiger partial charge is 0.493 e. The number of carbonyl (C=O) groups excluding carboxylic acids is 1. The maximum absolute atomic E-state index is 12.1. The van der Waals surface area contributed by atoms with Crippen molar-refractivity contribution in [2.24, 2.45) is 0 Å². The van der Waals surface area contributed by atoms with Gasteiger partial charge in [0.05, 0.1) is 13.2 Å². The lowest BCUT2D eigenvalue weighted by Gasteiger charge is -2.25. The van der Waals surface area contributed by atoms with Crippen LogP contribution in [0.25, 0.3) is 0 Å². The van der Waals surface area contributed by atoms with Gasteiger partial charge in [-0.25, -0.2) is 4.79 Å². The Balaban J connectivity index is 1.71. The molecule has 1 aromatic carbocycles. The van der Waals surface area contributed by atoms with Crippen LogP contribution in [0, 0.1) is 6.92 Å². The molecule has 0 fully saturated rings. The van der Waals surface area contributed by atoms with E-state index >= 15 is 0 Å². The highest BCUT2D eigenvalue weighted by Crippen LogP contribution is 2.33. The Labute approximate surface area is 127 Å². The molecule has 1 atom stereocenters. The van der Waals surface area contributed by atoms with Crippen molar-refractivity contribution in [3.63, 3.8) is 0 Å². The molecule has 3 rings (SSSR count). The summed E-state index contributed by atoms with van der Waals surface area (Å²) in [4.78, 5) is 26.4. The number of benzene rings is 1. The normalized spacial score (nSPS) is 16.5. The van der Waals surface area contributed by atoms with E-state index in [4.69, 9.17) is 9.47 Å². The highest BCUT2D eigenvalue weighted by Gasteiger charge is 2.23. The Bertz CT molecular complexity index is 750. The molecule has 0 aliphatic carbocycles. The van der Waals surface area contributed by atoms with Gasteiger partial charge in [0.15, 0.2) is 0 Å². The van der Waals surface area contributed by atoms with E-state index in [2.05, 4.69) is 4.98 Å². The zero-order valence-electron chi connectivity index (χ0n) is 12.3. The van der Waals surface area contributed by atoms with Crippen LogP contribution in [0.3, 0.4) is 0 Å². The molecule has 1 aliphatic heterocycles. The first-order chi connectivity index (χ1) is 10.6. The van der Waals surface area contributed by atoms with Crippen molar-refractivity contribution in [1.29, 1.82) is 0 Å². The van der Waals surface area contributed by atoms with Gasteiger partial charge in [0, 0.05) is 17.2 Å².